The fraction of sp³-hybridized carbons (Fsp3) is 0.471. The molecule has 0 aromatic heterocycles. The van der Waals surface area contributed by atoms with Crippen LogP contribution in [0.15, 0.2) is 18.2 Å². The third kappa shape index (κ3) is 3.77. The van der Waals surface area contributed by atoms with Gasteiger partial charge in [0.2, 0.25) is 5.91 Å². The van der Waals surface area contributed by atoms with Crippen LogP contribution in [0.5, 0.6) is 0 Å². The molecule has 1 amide bonds. The van der Waals surface area contributed by atoms with Crippen molar-refractivity contribution in [2.45, 2.75) is 32.7 Å². The summed E-state index contributed by atoms with van der Waals surface area (Å²) in [5.41, 5.74) is 1.34. The fourth-order valence-corrected chi connectivity index (χ4v) is 2.40. The summed E-state index contributed by atoms with van der Waals surface area (Å²) >= 11 is 0. The minimum absolute atomic E-state index is 0.0669. The van der Waals surface area contributed by atoms with E-state index in [0.717, 1.165) is 6.54 Å². The van der Waals surface area contributed by atoms with Gasteiger partial charge >= 0.3 is 0 Å². The molecule has 5 nitrogen and oxygen atoms in total. The quantitative estimate of drug-likeness (QED) is 0.874. The maximum atomic E-state index is 12.5. The van der Waals surface area contributed by atoms with Crippen molar-refractivity contribution < 1.29 is 4.79 Å². The Morgan fingerprint density at radius 1 is 1.36 bits per heavy atom. The zero-order chi connectivity index (χ0) is 16.1. The second kappa shape index (κ2) is 6.95. The first kappa shape index (κ1) is 15.9. The van der Waals surface area contributed by atoms with Gasteiger partial charge in [-0.2, -0.15) is 10.5 Å². The van der Waals surface area contributed by atoms with E-state index in [1.54, 1.807) is 18.2 Å². The Balaban J connectivity index is 2.04. The van der Waals surface area contributed by atoms with E-state index in [4.69, 9.17) is 10.5 Å². The molecule has 0 radical (unpaired) electrons. The molecule has 0 saturated heterocycles. The Morgan fingerprint density at radius 2 is 2.05 bits per heavy atom. The van der Waals surface area contributed by atoms with Gasteiger partial charge in [-0.3, -0.25) is 4.79 Å². The van der Waals surface area contributed by atoms with Crippen molar-refractivity contribution in [3.05, 3.63) is 29.3 Å². The number of likely N-dealkylation sites (N-methyl/N-ethyl adjacent to an activating group) is 1. The van der Waals surface area contributed by atoms with Gasteiger partial charge in [0.05, 0.1) is 11.1 Å². The largest absolute Gasteiger partial charge is 0.374 e. The van der Waals surface area contributed by atoms with Crippen LogP contribution in [0, 0.1) is 28.6 Å². The van der Waals surface area contributed by atoms with Crippen molar-refractivity contribution in [1.82, 2.24) is 4.90 Å². The van der Waals surface area contributed by atoms with Gasteiger partial charge in [-0.25, -0.2) is 0 Å². The van der Waals surface area contributed by atoms with E-state index >= 15 is 0 Å². The Bertz CT molecular complexity index is 637. The zero-order valence-corrected chi connectivity index (χ0v) is 13.0. The third-order valence-corrected chi connectivity index (χ3v) is 3.88. The molecule has 1 fully saturated rings. The Hall–Kier alpha value is -2.53. The average molecular weight is 296 g/mol. The highest BCUT2D eigenvalue weighted by molar-refractivity contribution is 5.84. The number of carbonyl (C=O) groups is 1. The van der Waals surface area contributed by atoms with Gasteiger partial charge in [-0.1, -0.05) is 0 Å². The molecule has 22 heavy (non-hydrogen) atoms. The van der Waals surface area contributed by atoms with E-state index in [1.807, 2.05) is 30.9 Å². The summed E-state index contributed by atoms with van der Waals surface area (Å²) in [5, 5.41) is 21.1. The highest BCUT2D eigenvalue weighted by atomic mass is 16.2. The molecule has 0 spiro atoms. The zero-order valence-electron chi connectivity index (χ0n) is 13.0. The molecule has 1 saturated carbocycles. The summed E-state index contributed by atoms with van der Waals surface area (Å²) in [6.45, 7) is 5.35. The summed E-state index contributed by atoms with van der Waals surface area (Å²) in [6.07, 6.45) is 2.43. The second-order valence-corrected chi connectivity index (χ2v) is 5.67. The normalized spacial score (nSPS) is 14.5. The van der Waals surface area contributed by atoms with Gasteiger partial charge in [0, 0.05) is 18.8 Å². The summed E-state index contributed by atoms with van der Waals surface area (Å²) in [6, 6.07) is 8.55. The van der Waals surface area contributed by atoms with Crippen LogP contribution in [-0.4, -0.2) is 29.9 Å². The highest BCUT2D eigenvalue weighted by Gasteiger charge is 2.28. The van der Waals surface area contributed by atoms with Crippen LogP contribution in [0.1, 0.15) is 37.8 Å². The molecule has 1 aliphatic carbocycles. The molecule has 2 rings (SSSR count). The Labute approximate surface area is 131 Å². The smallest absolute Gasteiger partial charge is 0.244 e. The maximum absolute atomic E-state index is 12.5. The van der Waals surface area contributed by atoms with E-state index in [0.29, 0.717) is 29.3 Å². The number of carbonyl (C=O) groups excluding carboxylic acids is 1. The Kier molecular flexibility index (Phi) is 5.01. The first-order valence-electron chi connectivity index (χ1n) is 7.58. The molecule has 0 heterocycles. The van der Waals surface area contributed by atoms with Gasteiger partial charge in [0.1, 0.15) is 18.2 Å². The van der Waals surface area contributed by atoms with Crippen molar-refractivity contribution in [1.29, 1.82) is 10.5 Å². The molecule has 114 valence electrons. The molecular weight excluding hydrogens is 276 g/mol. The highest BCUT2D eigenvalue weighted by Crippen LogP contribution is 2.29. The first-order valence-corrected chi connectivity index (χ1v) is 7.58. The first-order chi connectivity index (χ1) is 10.6. The standard InChI is InChI=1S/C17H20N4O/c1-3-21(11-13-4-5-13)17(22)12(2)20-16-7-6-14(9-18)15(8-16)10-19/h6-8,12-13,20H,3-5,11H2,1-2H3/t12-/m0/s1. The van der Waals surface area contributed by atoms with Crippen LogP contribution in [0.3, 0.4) is 0 Å². The number of rotatable bonds is 6. The number of hydrogen-bond donors (Lipinski definition) is 1. The van der Waals surface area contributed by atoms with E-state index < -0.39 is 0 Å². The van der Waals surface area contributed by atoms with Gasteiger partial charge < -0.3 is 10.2 Å². The summed E-state index contributed by atoms with van der Waals surface area (Å²) in [5.74, 6) is 0.730. The molecule has 1 aliphatic rings. The minimum Gasteiger partial charge on any atom is -0.374 e. The van der Waals surface area contributed by atoms with E-state index in [-0.39, 0.29) is 11.9 Å². The average Bonchev–Trinajstić information content (AvgIpc) is 3.35. The lowest BCUT2D eigenvalue weighted by Gasteiger charge is -2.25. The van der Waals surface area contributed by atoms with Crippen LogP contribution < -0.4 is 5.32 Å². The molecule has 0 bridgehead atoms. The molecule has 0 unspecified atom stereocenters. The van der Waals surface area contributed by atoms with E-state index in [2.05, 4.69) is 5.32 Å². The van der Waals surface area contributed by atoms with Crippen LogP contribution in [0.2, 0.25) is 0 Å². The SMILES string of the molecule is CCN(CC1CC1)C(=O)[C@H](C)Nc1ccc(C#N)c(C#N)c1. The van der Waals surface area contributed by atoms with Crippen LogP contribution >= 0.6 is 0 Å². The number of amides is 1. The van der Waals surface area contributed by atoms with E-state index in [1.165, 1.54) is 12.8 Å². The molecule has 1 aromatic rings. The van der Waals surface area contributed by atoms with Gasteiger partial charge in [0.15, 0.2) is 0 Å². The second-order valence-electron chi connectivity index (χ2n) is 5.67. The number of anilines is 1. The van der Waals surface area contributed by atoms with Gasteiger partial charge in [-0.15, -0.1) is 0 Å². The maximum Gasteiger partial charge on any atom is 0.244 e. The Morgan fingerprint density at radius 3 is 2.59 bits per heavy atom. The minimum atomic E-state index is -0.363. The van der Waals surface area contributed by atoms with E-state index in [9.17, 15) is 4.79 Å². The molecule has 1 N–H and O–H groups in total. The summed E-state index contributed by atoms with van der Waals surface area (Å²) < 4.78 is 0. The molecule has 5 heteroatoms. The topological polar surface area (TPSA) is 79.9 Å². The van der Waals surface area contributed by atoms with Gasteiger partial charge in [0.25, 0.3) is 0 Å². The van der Waals surface area contributed by atoms with Crippen molar-refractivity contribution in [2.75, 3.05) is 18.4 Å². The fourth-order valence-electron chi connectivity index (χ4n) is 2.40. The van der Waals surface area contributed by atoms with Crippen LogP contribution in [-0.2, 0) is 4.79 Å². The molecular formula is C17H20N4O. The molecule has 1 atom stereocenters. The predicted molar refractivity (Wildman–Crippen MR) is 83.9 cm³/mol. The van der Waals surface area contributed by atoms with Gasteiger partial charge in [-0.05, 0) is 50.8 Å². The number of hydrogen-bond acceptors (Lipinski definition) is 4. The van der Waals surface area contributed by atoms with Crippen molar-refractivity contribution in [3.8, 4) is 12.1 Å². The molecule has 1 aromatic carbocycles. The number of nitrogens with zero attached hydrogens (tertiary/aromatic N) is 3. The number of nitriles is 2. The van der Waals surface area contributed by atoms with Crippen molar-refractivity contribution in [2.24, 2.45) is 5.92 Å². The van der Waals surface area contributed by atoms with Crippen molar-refractivity contribution in [3.63, 3.8) is 0 Å². The van der Waals surface area contributed by atoms with Crippen molar-refractivity contribution >= 4 is 11.6 Å². The number of benzene rings is 1. The summed E-state index contributed by atoms with van der Waals surface area (Å²) in [4.78, 5) is 14.3. The predicted octanol–water partition coefficient (Wildman–Crippen LogP) is 2.49. The van der Waals surface area contributed by atoms with Crippen LogP contribution in [0.4, 0.5) is 5.69 Å². The number of nitrogens with one attached hydrogen (secondary N) is 1. The monoisotopic (exact) mass is 296 g/mol. The third-order valence-electron chi connectivity index (χ3n) is 3.88. The lowest BCUT2D eigenvalue weighted by atomic mass is 10.1. The summed E-state index contributed by atoms with van der Waals surface area (Å²) in [7, 11) is 0. The lowest BCUT2D eigenvalue weighted by molar-refractivity contribution is -0.131. The van der Waals surface area contributed by atoms with Crippen LogP contribution in [0.25, 0.3) is 0 Å². The molecule has 0 aliphatic heterocycles. The lowest BCUT2D eigenvalue weighted by Crippen LogP contribution is -2.42.